The van der Waals surface area contributed by atoms with Gasteiger partial charge in [0.25, 0.3) is 0 Å². The first kappa shape index (κ1) is 18.9. The molecule has 1 atom stereocenters. The number of hydrogen-bond donors (Lipinski definition) is 0. The van der Waals surface area contributed by atoms with Crippen molar-refractivity contribution in [3.8, 4) is 23.0 Å². The van der Waals surface area contributed by atoms with Crippen LogP contribution in [0, 0.1) is 5.82 Å². The van der Waals surface area contributed by atoms with Gasteiger partial charge >= 0.3 is 0 Å². The molecule has 6 heteroatoms. The average molecular weight is 444 g/mol. The Hall–Kier alpha value is -4.58. The van der Waals surface area contributed by atoms with Crippen molar-refractivity contribution >= 4 is 16.4 Å². The van der Waals surface area contributed by atoms with E-state index in [2.05, 4.69) is 40.4 Å². The normalized spacial score (nSPS) is 14.6. The van der Waals surface area contributed by atoms with Gasteiger partial charge in [0.05, 0.1) is 5.56 Å². The number of benzene rings is 4. The van der Waals surface area contributed by atoms with Crippen LogP contribution >= 0.6 is 0 Å². The molecular weight excluding hydrogens is 427 g/mol. The highest BCUT2D eigenvalue weighted by Crippen LogP contribution is 2.50. The van der Waals surface area contributed by atoms with Crippen molar-refractivity contribution in [2.24, 2.45) is 0 Å². The lowest BCUT2D eigenvalue weighted by molar-refractivity contribution is 0.433. The molecule has 0 saturated heterocycles. The molecule has 5 nitrogen and oxygen atoms in total. The number of aromatic nitrogens is 4. The summed E-state index contributed by atoms with van der Waals surface area (Å²) < 4.78 is 21.5. The molecule has 0 aliphatic carbocycles. The summed E-state index contributed by atoms with van der Waals surface area (Å²) in [6.07, 6.45) is 1.61. The minimum atomic E-state index is -0.299. The minimum absolute atomic E-state index is 0.146. The van der Waals surface area contributed by atoms with E-state index in [-0.39, 0.29) is 11.7 Å². The fraction of sp³-hybridized carbons (Fsp3) is 0.0357. The summed E-state index contributed by atoms with van der Waals surface area (Å²) in [6.45, 7) is 0. The molecule has 0 radical (unpaired) electrons. The quantitative estimate of drug-likeness (QED) is 0.311. The summed E-state index contributed by atoms with van der Waals surface area (Å²) in [5, 5.41) is 6.90. The highest BCUT2D eigenvalue weighted by Gasteiger charge is 2.34. The van der Waals surface area contributed by atoms with Crippen molar-refractivity contribution in [2.75, 3.05) is 0 Å². The first-order valence-electron chi connectivity index (χ1n) is 11.0. The van der Waals surface area contributed by atoms with E-state index in [1.165, 1.54) is 12.1 Å². The van der Waals surface area contributed by atoms with Crippen molar-refractivity contribution < 1.29 is 9.13 Å². The highest BCUT2D eigenvalue weighted by molar-refractivity contribution is 5.90. The van der Waals surface area contributed by atoms with Gasteiger partial charge in [0.1, 0.15) is 17.9 Å². The van der Waals surface area contributed by atoms with Gasteiger partial charge in [-0.1, -0.05) is 60.7 Å². The SMILES string of the molecule is Fc1ccc(-c2nc3c4c(ncn3n2)Oc2ccc3ccccc3c2C4c2ccccc2)cc1. The van der Waals surface area contributed by atoms with Gasteiger partial charge < -0.3 is 4.74 Å². The molecule has 4 aromatic carbocycles. The predicted octanol–water partition coefficient (Wildman–Crippen LogP) is 6.37. The van der Waals surface area contributed by atoms with Crippen molar-refractivity contribution in [3.63, 3.8) is 0 Å². The number of hydrogen-bond acceptors (Lipinski definition) is 4. The Balaban J connectivity index is 1.53. The van der Waals surface area contributed by atoms with Crippen molar-refractivity contribution in [2.45, 2.75) is 5.92 Å². The zero-order chi connectivity index (χ0) is 22.6. The van der Waals surface area contributed by atoms with Gasteiger partial charge in [-0.2, -0.15) is 0 Å². The van der Waals surface area contributed by atoms with Gasteiger partial charge in [0, 0.05) is 17.0 Å². The monoisotopic (exact) mass is 444 g/mol. The Morgan fingerprint density at radius 2 is 1.59 bits per heavy atom. The van der Waals surface area contributed by atoms with Crippen LogP contribution in [0.4, 0.5) is 4.39 Å². The van der Waals surface area contributed by atoms with Crippen LogP contribution in [-0.2, 0) is 0 Å². The minimum Gasteiger partial charge on any atom is -0.438 e. The maximum absolute atomic E-state index is 13.5. The van der Waals surface area contributed by atoms with E-state index in [0.717, 1.165) is 38.8 Å². The van der Waals surface area contributed by atoms with Crippen LogP contribution in [0.5, 0.6) is 11.6 Å². The molecule has 3 heterocycles. The summed E-state index contributed by atoms with van der Waals surface area (Å²) in [6, 6.07) is 28.9. The first-order valence-corrected chi connectivity index (χ1v) is 11.0. The Bertz CT molecular complexity index is 1690. The lowest BCUT2D eigenvalue weighted by Gasteiger charge is -2.29. The first-order chi connectivity index (χ1) is 16.8. The Kier molecular flexibility index (Phi) is 4.02. The summed E-state index contributed by atoms with van der Waals surface area (Å²) in [7, 11) is 0. The van der Waals surface area contributed by atoms with E-state index in [0.29, 0.717) is 17.4 Å². The molecule has 0 amide bonds. The number of ether oxygens (including phenoxy) is 1. The van der Waals surface area contributed by atoms with E-state index >= 15 is 0 Å². The second-order valence-electron chi connectivity index (χ2n) is 8.32. The Morgan fingerprint density at radius 3 is 2.44 bits per heavy atom. The van der Waals surface area contributed by atoms with Crippen LogP contribution in [-0.4, -0.2) is 19.6 Å². The number of rotatable bonds is 2. The molecule has 1 aliphatic rings. The predicted molar refractivity (Wildman–Crippen MR) is 128 cm³/mol. The highest BCUT2D eigenvalue weighted by atomic mass is 19.1. The molecular formula is C28H17FN4O. The van der Waals surface area contributed by atoms with E-state index < -0.39 is 0 Å². The lowest BCUT2D eigenvalue weighted by Crippen LogP contribution is -2.15. The summed E-state index contributed by atoms with van der Waals surface area (Å²) in [5.74, 6) is 1.36. The Labute approximate surface area is 194 Å². The van der Waals surface area contributed by atoms with E-state index in [1.807, 2.05) is 36.4 Å². The lowest BCUT2D eigenvalue weighted by atomic mass is 9.81. The second kappa shape index (κ2) is 7.22. The maximum Gasteiger partial charge on any atom is 0.228 e. The summed E-state index contributed by atoms with van der Waals surface area (Å²) >= 11 is 0. The summed E-state index contributed by atoms with van der Waals surface area (Å²) in [4.78, 5) is 9.47. The molecule has 1 aliphatic heterocycles. The molecule has 0 N–H and O–H groups in total. The maximum atomic E-state index is 13.5. The zero-order valence-electron chi connectivity index (χ0n) is 17.9. The van der Waals surface area contributed by atoms with Gasteiger partial charge in [0.2, 0.25) is 5.88 Å². The molecule has 0 bridgehead atoms. The largest absolute Gasteiger partial charge is 0.438 e. The standard InChI is InChI=1S/C28H17FN4O/c29-20-13-10-19(11-14-20)26-31-27-25-23(18-7-2-1-3-8-18)24-21-9-5-4-6-17(21)12-15-22(24)34-28(25)30-16-33(27)32-26/h1-16,23H. The van der Waals surface area contributed by atoms with E-state index in [9.17, 15) is 4.39 Å². The van der Waals surface area contributed by atoms with Gasteiger partial charge in [-0.3, -0.25) is 0 Å². The molecule has 162 valence electrons. The van der Waals surface area contributed by atoms with Gasteiger partial charge in [-0.25, -0.2) is 18.9 Å². The van der Waals surface area contributed by atoms with Crippen molar-refractivity contribution in [1.29, 1.82) is 0 Å². The van der Waals surface area contributed by atoms with Crippen LogP contribution in [0.2, 0.25) is 0 Å². The van der Waals surface area contributed by atoms with Crippen molar-refractivity contribution in [3.05, 3.63) is 120 Å². The average Bonchev–Trinajstić information content (AvgIpc) is 3.33. The summed E-state index contributed by atoms with van der Waals surface area (Å²) in [5.41, 5.74) is 4.46. The molecule has 7 rings (SSSR count). The number of fused-ring (bicyclic) bond motifs is 6. The van der Waals surface area contributed by atoms with Crippen LogP contribution in [0.3, 0.4) is 0 Å². The Morgan fingerprint density at radius 1 is 0.794 bits per heavy atom. The zero-order valence-corrected chi connectivity index (χ0v) is 17.9. The molecule has 0 saturated carbocycles. The second-order valence-corrected chi connectivity index (χ2v) is 8.32. The van der Waals surface area contributed by atoms with E-state index in [1.54, 1.807) is 23.0 Å². The molecule has 0 spiro atoms. The molecule has 34 heavy (non-hydrogen) atoms. The van der Waals surface area contributed by atoms with Crippen LogP contribution < -0.4 is 4.74 Å². The third-order valence-corrected chi connectivity index (χ3v) is 6.34. The molecule has 2 aromatic heterocycles. The molecule has 6 aromatic rings. The van der Waals surface area contributed by atoms with E-state index in [4.69, 9.17) is 9.72 Å². The van der Waals surface area contributed by atoms with Crippen LogP contribution in [0.25, 0.3) is 27.8 Å². The third kappa shape index (κ3) is 2.82. The smallest absolute Gasteiger partial charge is 0.228 e. The fourth-order valence-corrected chi connectivity index (χ4v) is 4.80. The van der Waals surface area contributed by atoms with Gasteiger partial charge in [-0.05, 0) is 46.7 Å². The van der Waals surface area contributed by atoms with Crippen LogP contribution in [0.15, 0.2) is 97.3 Å². The van der Waals surface area contributed by atoms with Crippen molar-refractivity contribution in [1.82, 2.24) is 19.6 Å². The van der Waals surface area contributed by atoms with Crippen LogP contribution in [0.1, 0.15) is 22.6 Å². The fourth-order valence-electron chi connectivity index (χ4n) is 4.80. The third-order valence-electron chi connectivity index (χ3n) is 6.34. The number of halogens is 1. The molecule has 1 unspecified atom stereocenters. The molecule has 0 fully saturated rings. The van der Waals surface area contributed by atoms with Gasteiger partial charge in [-0.15, -0.1) is 5.10 Å². The number of nitrogens with zero attached hydrogens (tertiary/aromatic N) is 4. The van der Waals surface area contributed by atoms with Gasteiger partial charge in [0.15, 0.2) is 11.5 Å². The topological polar surface area (TPSA) is 52.3 Å².